The predicted octanol–water partition coefficient (Wildman–Crippen LogP) is 2.17. The van der Waals surface area contributed by atoms with Gasteiger partial charge in [0.1, 0.15) is 0 Å². The number of ether oxygens (including phenoxy) is 1. The van der Waals surface area contributed by atoms with Crippen molar-refractivity contribution in [3.8, 4) is 0 Å². The van der Waals surface area contributed by atoms with Gasteiger partial charge in [-0.25, -0.2) is 0 Å². The SMILES string of the molecule is CC(=O)OC(C(=O)NC1CCCC1)C(=O)c1ccc(C)cc1. The Morgan fingerprint density at radius 2 is 1.73 bits per heavy atom. The molecule has 22 heavy (non-hydrogen) atoms. The Morgan fingerprint density at radius 3 is 2.27 bits per heavy atom. The van der Waals surface area contributed by atoms with Gasteiger partial charge in [-0.15, -0.1) is 0 Å². The number of hydrogen-bond donors (Lipinski definition) is 1. The Hall–Kier alpha value is -2.17. The maximum atomic E-state index is 12.5. The fourth-order valence-corrected chi connectivity index (χ4v) is 2.61. The van der Waals surface area contributed by atoms with Crippen LogP contribution >= 0.6 is 0 Å². The largest absolute Gasteiger partial charge is 0.444 e. The first-order chi connectivity index (χ1) is 10.5. The van der Waals surface area contributed by atoms with Crippen molar-refractivity contribution in [3.05, 3.63) is 35.4 Å². The number of amides is 1. The molecule has 1 fully saturated rings. The highest BCUT2D eigenvalue weighted by molar-refractivity contribution is 6.13. The van der Waals surface area contributed by atoms with Crippen LogP contribution in [-0.2, 0) is 14.3 Å². The van der Waals surface area contributed by atoms with Gasteiger partial charge in [0.05, 0.1) is 0 Å². The summed E-state index contributed by atoms with van der Waals surface area (Å²) < 4.78 is 4.97. The number of Topliss-reactive ketones (excluding diaryl/α,β-unsaturated/α-hetero) is 1. The van der Waals surface area contributed by atoms with Crippen molar-refractivity contribution in [2.24, 2.45) is 0 Å². The molecule has 1 saturated carbocycles. The Labute approximate surface area is 130 Å². The minimum absolute atomic E-state index is 0.0661. The lowest BCUT2D eigenvalue weighted by Crippen LogP contribution is -2.46. The summed E-state index contributed by atoms with van der Waals surface area (Å²) in [5, 5.41) is 2.81. The van der Waals surface area contributed by atoms with Crippen LogP contribution < -0.4 is 5.32 Å². The Kier molecular flexibility index (Phi) is 5.31. The average Bonchev–Trinajstić information content (AvgIpc) is 2.97. The van der Waals surface area contributed by atoms with Gasteiger partial charge in [0.25, 0.3) is 5.91 Å². The number of hydrogen-bond acceptors (Lipinski definition) is 4. The summed E-state index contributed by atoms with van der Waals surface area (Å²) in [5.41, 5.74) is 1.37. The third kappa shape index (κ3) is 4.16. The van der Waals surface area contributed by atoms with E-state index in [4.69, 9.17) is 4.74 Å². The molecule has 1 aromatic rings. The number of carbonyl (C=O) groups excluding carboxylic acids is 3. The zero-order valence-corrected chi connectivity index (χ0v) is 12.9. The smallest absolute Gasteiger partial charge is 0.303 e. The third-order valence-electron chi connectivity index (χ3n) is 3.80. The van der Waals surface area contributed by atoms with E-state index in [1.807, 2.05) is 6.92 Å². The molecule has 0 aromatic heterocycles. The van der Waals surface area contributed by atoms with E-state index in [9.17, 15) is 14.4 Å². The van der Waals surface area contributed by atoms with Crippen LogP contribution in [0.25, 0.3) is 0 Å². The van der Waals surface area contributed by atoms with E-state index in [0.717, 1.165) is 31.2 Å². The number of benzene rings is 1. The van der Waals surface area contributed by atoms with Crippen molar-refractivity contribution in [1.82, 2.24) is 5.32 Å². The van der Waals surface area contributed by atoms with Crippen LogP contribution in [0, 0.1) is 6.92 Å². The van der Waals surface area contributed by atoms with Gasteiger partial charge in [0, 0.05) is 18.5 Å². The maximum Gasteiger partial charge on any atom is 0.303 e. The fourth-order valence-electron chi connectivity index (χ4n) is 2.61. The van der Waals surface area contributed by atoms with Crippen molar-refractivity contribution in [2.75, 3.05) is 0 Å². The summed E-state index contributed by atoms with van der Waals surface area (Å²) in [4.78, 5) is 36.0. The lowest BCUT2D eigenvalue weighted by atomic mass is 10.0. The molecule has 1 unspecified atom stereocenters. The summed E-state index contributed by atoms with van der Waals surface area (Å²) in [6.07, 6.45) is 2.51. The second-order valence-corrected chi connectivity index (χ2v) is 5.71. The van der Waals surface area contributed by atoms with E-state index in [1.54, 1.807) is 24.3 Å². The predicted molar refractivity (Wildman–Crippen MR) is 81.5 cm³/mol. The third-order valence-corrected chi connectivity index (χ3v) is 3.80. The zero-order chi connectivity index (χ0) is 16.1. The molecule has 5 heteroatoms. The van der Waals surface area contributed by atoms with E-state index in [0.29, 0.717) is 5.56 Å². The molecule has 1 aromatic carbocycles. The van der Waals surface area contributed by atoms with E-state index in [2.05, 4.69) is 5.32 Å². The lowest BCUT2D eigenvalue weighted by molar-refractivity contribution is -0.151. The number of ketones is 1. The van der Waals surface area contributed by atoms with Gasteiger partial charge >= 0.3 is 5.97 Å². The Morgan fingerprint density at radius 1 is 1.14 bits per heavy atom. The summed E-state index contributed by atoms with van der Waals surface area (Å²) in [7, 11) is 0. The molecular weight excluding hydrogens is 282 g/mol. The van der Waals surface area contributed by atoms with Gasteiger partial charge in [-0.05, 0) is 19.8 Å². The standard InChI is InChI=1S/C17H21NO4/c1-11-7-9-13(10-8-11)15(20)16(22-12(2)19)17(21)18-14-5-3-4-6-14/h7-10,14,16H,3-6H2,1-2H3,(H,18,21). The second-order valence-electron chi connectivity index (χ2n) is 5.71. The van der Waals surface area contributed by atoms with Crippen LogP contribution in [-0.4, -0.2) is 29.8 Å². The fraction of sp³-hybridized carbons (Fsp3) is 0.471. The van der Waals surface area contributed by atoms with E-state index in [1.165, 1.54) is 6.92 Å². The first kappa shape index (κ1) is 16.2. The minimum Gasteiger partial charge on any atom is -0.444 e. The number of rotatable bonds is 5. The average molecular weight is 303 g/mol. The summed E-state index contributed by atoms with van der Waals surface area (Å²) >= 11 is 0. The molecule has 5 nitrogen and oxygen atoms in total. The van der Waals surface area contributed by atoms with Crippen LogP contribution in [0.2, 0.25) is 0 Å². The van der Waals surface area contributed by atoms with E-state index >= 15 is 0 Å². The molecule has 0 saturated heterocycles. The van der Waals surface area contributed by atoms with E-state index < -0.39 is 23.8 Å². The molecule has 1 amide bonds. The Balaban J connectivity index is 2.13. The monoisotopic (exact) mass is 303 g/mol. The van der Waals surface area contributed by atoms with Gasteiger partial charge in [-0.3, -0.25) is 14.4 Å². The molecule has 1 atom stereocenters. The van der Waals surface area contributed by atoms with Crippen LogP contribution in [0.1, 0.15) is 48.5 Å². The molecule has 0 aliphatic heterocycles. The number of nitrogens with one attached hydrogen (secondary N) is 1. The molecule has 0 spiro atoms. The summed E-state index contributed by atoms with van der Waals surface area (Å²) in [5.74, 6) is -1.68. The van der Waals surface area contributed by atoms with Gasteiger partial charge < -0.3 is 10.1 Å². The highest BCUT2D eigenvalue weighted by Crippen LogP contribution is 2.18. The van der Waals surface area contributed by atoms with Crippen molar-refractivity contribution in [3.63, 3.8) is 0 Å². The first-order valence-corrected chi connectivity index (χ1v) is 7.56. The molecule has 0 bridgehead atoms. The lowest BCUT2D eigenvalue weighted by Gasteiger charge is -2.19. The van der Waals surface area contributed by atoms with Crippen LogP contribution in [0.15, 0.2) is 24.3 Å². The number of aryl methyl sites for hydroxylation is 1. The van der Waals surface area contributed by atoms with Crippen LogP contribution in [0.5, 0.6) is 0 Å². The van der Waals surface area contributed by atoms with Crippen LogP contribution in [0.4, 0.5) is 0 Å². The zero-order valence-electron chi connectivity index (χ0n) is 12.9. The topological polar surface area (TPSA) is 72.5 Å². The normalized spacial score (nSPS) is 16.1. The molecule has 118 valence electrons. The van der Waals surface area contributed by atoms with Gasteiger partial charge in [-0.2, -0.15) is 0 Å². The maximum absolute atomic E-state index is 12.5. The van der Waals surface area contributed by atoms with Crippen LogP contribution in [0.3, 0.4) is 0 Å². The second kappa shape index (κ2) is 7.20. The molecule has 2 rings (SSSR count). The quantitative estimate of drug-likeness (QED) is 0.514. The Bertz CT molecular complexity index is 559. The van der Waals surface area contributed by atoms with Gasteiger partial charge in [-0.1, -0.05) is 42.7 Å². The molecule has 1 aliphatic rings. The summed E-state index contributed by atoms with van der Waals surface area (Å²) in [6, 6.07) is 6.91. The molecule has 0 radical (unpaired) electrons. The highest BCUT2D eigenvalue weighted by atomic mass is 16.5. The highest BCUT2D eigenvalue weighted by Gasteiger charge is 2.32. The molecular formula is C17H21NO4. The van der Waals surface area contributed by atoms with Gasteiger partial charge in [0.15, 0.2) is 0 Å². The van der Waals surface area contributed by atoms with Crippen molar-refractivity contribution in [1.29, 1.82) is 0 Å². The first-order valence-electron chi connectivity index (χ1n) is 7.56. The number of esters is 1. The van der Waals surface area contributed by atoms with Crippen molar-refractivity contribution in [2.45, 2.75) is 51.7 Å². The van der Waals surface area contributed by atoms with Crippen molar-refractivity contribution >= 4 is 17.7 Å². The number of carbonyl (C=O) groups is 3. The molecule has 1 N–H and O–H groups in total. The summed E-state index contributed by atoms with van der Waals surface area (Å²) in [6.45, 7) is 3.10. The van der Waals surface area contributed by atoms with Gasteiger partial charge in [0.2, 0.25) is 11.9 Å². The van der Waals surface area contributed by atoms with E-state index in [-0.39, 0.29) is 6.04 Å². The molecule has 0 heterocycles. The molecule has 1 aliphatic carbocycles. The minimum atomic E-state index is -1.42. The van der Waals surface area contributed by atoms with Crippen molar-refractivity contribution < 1.29 is 19.1 Å².